The number of carboxylic acids is 1. The summed E-state index contributed by atoms with van der Waals surface area (Å²) in [4.78, 5) is 17.7. The van der Waals surface area contributed by atoms with Crippen molar-refractivity contribution in [2.75, 3.05) is 24.4 Å². The summed E-state index contributed by atoms with van der Waals surface area (Å²) in [6.45, 7) is 2.72. The van der Waals surface area contributed by atoms with E-state index in [0.717, 1.165) is 10.9 Å². The van der Waals surface area contributed by atoms with Crippen molar-refractivity contribution < 1.29 is 36.6 Å². The molecular weight excluding hydrogens is 577 g/mol. The molecule has 6 N–H and O–H groups in total. The van der Waals surface area contributed by atoms with Gasteiger partial charge in [-0.25, -0.2) is 18.2 Å². The van der Waals surface area contributed by atoms with Crippen LogP contribution in [-0.2, 0) is 22.8 Å². The van der Waals surface area contributed by atoms with E-state index in [1.165, 1.54) is 12.1 Å². The summed E-state index contributed by atoms with van der Waals surface area (Å²) >= 11 is 0. The van der Waals surface area contributed by atoms with Crippen LogP contribution in [0.2, 0.25) is 0 Å². The average molecular weight is 609 g/mol. The molecule has 1 aliphatic rings. The molecule has 226 valence electrons. The van der Waals surface area contributed by atoms with Crippen molar-refractivity contribution in [3.8, 4) is 0 Å². The number of fused-ring (bicyclic) bond motifs is 1. The van der Waals surface area contributed by atoms with E-state index in [1.807, 2.05) is 25.1 Å². The molecule has 1 aliphatic heterocycles. The highest BCUT2D eigenvalue weighted by Gasteiger charge is 2.45. The number of hydrogen-bond donors (Lipinski definition) is 5. The van der Waals surface area contributed by atoms with Gasteiger partial charge in [0.1, 0.15) is 30.3 Å². The van der Waals surface area contributed by atoms with Gasteiger partial charge in [0.15, 0.2) is 0 Å². The number of aromatic nitrogens is 1. The molecule has 0 bridgehead atoms. The van der Waals surface area contributed by atoms with Crippen molar-refractivity contribution in [3.05, 3.63) is 77.6 Å². The standard InChI is InChI=1S/C27H31F3N6O5S/c1-17(32-13-25(37)35-9-8-24(31)33-15-35)10-19-4-7-22-20(11-19)12-23(26(38)39)36(22)14-18-2-5-21(6-3-18)34-16-42(40,41)27(28,29)30/h2-9,11-12,17,25,32,34,37H,10,13-16H2,1H3,(H2,31,33)(H,38,39). The van der Waals surface area contributed by atoms with Gasteiger partial charge in [-0.3, -0.25) is 0 Å². The first-order valence-corrected chi connectivity index (χ1v) is 14.5. The molecule has 42 heavy (non-hydrogen) atoms. The molecule has 0 fully saturated rings. The largest absolute Gasteiger partial charge is 0.499 e. The second kappa shape index (κ2) is 12.4. The van der Waals surface area contributed by atoms with Crippen LogP contribution in [0.4, 0.5) is 18.9 Å². The summed E-state index contributed by atoms with van der Waals surface area (Å²) in [6.07, 6.45) is 3.14. The maximum Gasteiger partial charge on any atom is 0.499 e. The molecule has 2 aromatic carbocycles. The lowest BCUT2D eigenvalue weighted by molar-refractivity contribution is -0.0433. The lowest BCUT2D eigenvalue weighted by Crippen LogP contribution is -2.44. The Bertz CT molecular complexity index is 1600. The van der Waals surface area contributed by atoms with Crippen molar-refractivity contribution in [2.45, 2.75) is 37.7 Å². The van der Waals surface area contributed by atoms with Crippen LogP contribution in [0.5, 0.6) is 0 Å². The lowest BCUT2D eigenvalue weighted by atomic mass is 10.1. The van der Waals surface area contributed by atoms with Gasteiger partial charge in [-0.1, -0.05) is 18.2 Å². The number of aliphatic hydroxyl groups is 1. The number of anilines is 1. The smallest absolute Gasteiger partial charge is 0.477 e. The molecule has 0 radical (unpaired) electrons. The Balaban J connectivity index is 1.41. The van der Waals surface area contributed by atoms with Crippen molar-refractivity contribution >= 4 is 38.2 Å². The van der Waals surface area contributed by atoms with Crippen molar-refractivity contribution in [1.29, 1.82) is 0 Å². The van der Waals surface area contributed by atoms with Crippen molar-refractivity contribution in [3.63, 3.8) is 0 Å². The predicted molar refractivity (Wildman–Crippen MR) is 153 cm³/mol. The highest BCUT2D eigenvalue weighted by Crippen LogP contribution is 2.26. The zero-order valence-electron chi connectivity index (χ0n) is 22.5. The van der Waals surface area contributed by atoms with Crippen molar-refractivity contribution in [1.82, 2.24) is 14.8 Å². The number of benzene rings is 2. The highest BCUT2D eigenvalue weighted by atomic mass is 32.2. The fourth-order valence-corrected chi connectivity index (χ4v) is 4.96. The summed E-state index contributed by atoms with van der Waals surface area (Å²) in [7, 11) is -5.32. The molecule has 2 heterocycles. The second-order valence-corrected chi connectivity index (χ2v) is 11.9. The quantitative estimate of drug-likeness (QED) is 0.208. The minimum absolute atomic E-state index is 0.00119. The van der Waals surface area contributed by atoms with Crippen LogP contribution in [-0.4, -0.2) is 76.8 Å². The van der Waals surface area contributed by atoms with Gasteiger partial charge in [-0.2, -0.15) is 13.2 Å². The predicted octanol–water partition coefficient (Wildman–Crippen LogP) is 2.67. The Morgan fingerprint density at radius 3 is 2.45 bits per heavy atom. The molecule has 0 amide bonds. The molecule has 0 saturated heterocycles. The number of halogens is 3. The number of sulfone groups is 1. The molecule has 0 aliphatic carbocycles. The number of hydrogen-bond acceptors (Lipinski definition) is 9. The molecule has 0 saturated carbocycles. The zero-order valence-corrected chi connectivity index (χ0v) is 23.4. The number of nitrogens with zero attached hydrogens (tertiary/aromatic N) is 3. The Morgan fingerprint density at radius 1 is 1.14 bits per heavy atom. The van der Waals surface area contributed by atoms with Gasteiger partial charge in [-0.15, -0.1) is 0 Å². The monoisotopic (exact) mass is 608 g/mol. The molecule has 0 spiro atoms. The van der Waals surface area contributed by atoms with Crippen LogP contribution in [0.15, 0.2) is 65.8 Å². The maximum absolute atomic E-state index is 12.6. The Labute approximate surface area is 240 Å². The fourth-order valence-electron chi connectivity index (χ4n) is 4.44. The van der Waals surface area contributed by atoms with Crippen LogP contribution in [0.25, 0.3) is 10.9 Å². The number of nitrogens with one attached hydrogen (secondary N) is 2. The topological polar surface area (TPSA) is 162 Å². The molecule has 15 heteroatoms. The van der Waals surface area contributed by atoms with E-state index in [-0.39, 0.29) is 30.6 Å². The second-order valence-electron chi connectivity index (χ2n) is 9.94. The normalized spacial score (nSPS) is 15.5. The Hall–Kier alpha value is -4.08. The van der Waals surface area contributed by atoms with Crippen molar-refractivity contribution in [2.24, 2.45) is 10.7 Å². The van der Waals surface area contributed by atoms with Gasteiger partial charge >= 0.3 is 11.5 Å². The van der Waals surface area contributed by atoms with Gasteiger partial charge in [0, 0.05) is 41.9 Å². The van der Waals surface area contributed by atoms with Gasteiger partial charge < -0.3 is 36.0 Å². The third-order valence-corrected chi connectivity index (χ3v) is 7.96. The summed E-state index contributed by atoms with van der Waals surface area (Å²) in [5.41, 5.74) is 2.80. The highest BCUT2D eigenvalue weighted by molar-refractivity contribution is 7.92. The Kier molecular flexibility index (Phi) is 9.13. The van der Waals surface area contributed by atoms with Crippen LogP contribution < -0.4 is 16.4 Å². The SMILES string of the molecule is CC(Cc1ccc2c(c1)cc(C(=O)O)n2Cc1ccc(NCS(=O)(=O)C(F)(F)F)cc1)NCC(O)N1C=CC(N)=NC1. The maximum atomic E-state index is 12.6. The van der Waals surface area contributed by atoms with E-state index < -0.39 is 33.4 Å². The van der Waals surface area contributed by atoms with Crippen LogP contribution in [0.1, 0.15) is 28.5 Å². The van der Waals surface area contributed by atoms with E-state index in [2.05, 4.69) is 15.6 Å². The van der Waals surface area contributed by atoms with Crippen LogP contribution in [0, 0.1) is 0 Å². The molecule has 11 nitrogen and oxygen atoms in total. The first-order chi connectivity index (χ1) is 19.7. The van der Waals surface area contributed by atoms with Gasteiger partial charge in [0.2, 0.25) is 0 Å². The Morgan fingerprint density at radius 2 is 1.83 bits per heavy atom. The number of aromatic carboxylic acids is 1. The minimum atomic E-state index is -5.35. The van der Waals surface area contributed by atoms with Gasteiger partial charge in [0.05, 0.1) is 0 Å². The van der Waals surface area contributed by atoms with E-state index in [9.17, 15) is 36.6 Å². The number of alkyl halides is 3. The summed E-state index contributed by atoms with van der Waals surface area (Å²) in [6, 6.07) is 13.2. The summed E-state index contributed by atoms with van der Waals surface area (Å²) in [5.74, 6) is -2.01. The van der Waals surface area contributed by atoms with E-state index in [0.29, 0.717) is 29.9 Å². The number of aliphatic imine (C=N–C) groups is 1. The van der Waals surface area contributed by atoms with Gasteiger partial charge in [-0.05, 0) is 60.9 Å². The van der Waals surface area contributed by atoms with Crippen LogP contribution in [0.3, 0.4) is 0 Å². The third kappa shape index (κ3) is 7.40. The third-order valence-electron chi connectivity index (χ3n) is 6.73. The minimum Gasteiger partial charge on any atom is -0.477 e. The lowest BCUT2D eigenvalue weighted by Gasteiger charge is -2.28. The number of carbonyl (C=O) groups is 1. The van der Waals surface area contributed by atoms with E-state index in [1.54, 1.807) is 39.9 Å². The van der Waals surface area contributed by atoms with E-state index >= 15 is 0 Å². The zero-order chi connectivity index (χ0) is 30.7. The molecular formula is C27H31F3N6O5S. The summed E-state index contributed by atoms with van der Waals surface area (Å²) < 4.78 is 61.9. The molecule has 4 rings (SSSR count). The molecule has 2 unspecified atom stereocenters. The average Bonchev–Trinajstić information content (AvgIpc) is 3.29. The summed E-state index contributed by atoms with van der Waals surface area (Å²) in [5, 5.41) is 26.5. The van der Waals surface area contributed by atoms with Gasteiger partial charge in [0.25, 0.3) is 9.84 Å². The number of amidine groups is 1. The first kappa shape index (κ1) is 30.9. The number of carboxylic acid groups (broad SMARTS) is 1. The van der Waals surface area contributed by atoms with Crippen LogP contribution >= 0.6 is 0 Å². The van der Waals surface area contributed by atoms with E-state index in [4.69, 9.17) is 5.73 Å². The fraction of sp³-hybridized carbons (Fsp3) is 0.333. The number of nitrogens with two attached hydrogens (primary N) is 1. The molecule has 3 aromatic rings. The number of rotatable bonds is 12. The first-order valence-electron chi connectivity index (χ1n) is 12.9. The molecule has 2 atom stereocenters. The molecule has 1 aromatic heterocycles. The number of aliphatic hydroxyl groups excluding tert-OH is 1.